The number of morpholine rings is 1. The highest BCUT2D eigenvalue weighted by molar-refractivity contribution is 6.30. The Morgan fingerprint density at radius 3 is 2.71 bits per heavy atom. The molecule has 1 aromatic carbocycles. The number of carbonyl (C=O) groups excluding carboxylic acids is 2. The smallest absolute Gasteiger partial charge is 0.260 e. The number of likely N-dealkylation sites (tertiary alicyclic amines) is 1. The van der Waals surface area contributed by atoms with Gasteiger partial charge in [0.05, 0.1) is 13.2 Å². The average Bonchev–Trinajstić information content (AvgIpc) is 2.72. The molecule has 0 saturated carbocycles. The minimum absolute atomic E-state index is 0.00134. The van der Waals surface area contributed by atoms with Crippen molar-refractivity contribution in [1.29, 1.82) is 0 Å². The van der Waals surface area contributed by atoms with Crippen molar-refractivity contribution >= 4 is 23.4 Å². The summed E-state index contributed by atoms with van der Waals surface area (Å²) in [6, 6.07) is 5.38. The largest absolute Gasteiger partial charge is 0.483 e. The Morgan fingerprint density at radius 1 is 1.18 bits per heavy atom. The quantitative estimate of drug-likeness (QED) is 0.726. The van der Waals surface area contributed by atoms with Gasteiger partial charge in [0.15, 0.2) is 6.61 Å². The highest BCUT2D eigenvalue weighted by Gasteiger charge is 2.25. The molecule has 0 aromatic heterocycles. The zero-order valence-electron chi connectivity index (χ0n) is 16.5. The summed E-state index contributed by atoms with van der Waals surface area (Å²) in [5.41, 5.74) is 0.915. The van der Waals surface area contributed by atoms with Crippen LogP contribution in [0, 0.1) is 12.8 Å². The molecule has 2 heterocycles. The topological polar surface area (TPSA) is 59.1 Å². The first-order valence-corrected chi connectivity index (χ1v) is 10.4. The molecule has 1 aromatic rings. The molecule has 0 aliphatic carbocycles. The number of hydrogen-bond acceptors (Lipinski definition) is 4. The van der Waals surface area contributed by atoms with Crippen LogP contribution in [0.3, 0.4) is 0 Å². The summed E-state index contributed by atoms with van der Waals surface area (Å²) in [6.45, 7) is 6.05. The molecule has 7 heteroatoms. The van der Waals surface area contributed by atoms with Crippen molar-refractivity contribution in [3.05, 3.63) is 28.8 Å². The van der Waals surface area contributed by atoms with Crippen molar-refractivity contribution in [1.82, 2.24) is 9.80 Å². The summed E-state index contributed by atoms with van der Waals surface area (Å²) < 4.78 is 11.0. The van der Waals surface area contributed by atoms with E-state index in [1.54, 1.807) is 12.1 Å². The van der Waals surface area contributed by atoms with Crippen LogP contribution in [0.25, 0.3) is 0 Å². The van der Waals surface area contributed by atoms with E-state index in [9.17, 15) is 9.59 Å². The fourth-order valence-corrected chi connectivity index (χ4v) is 4.06. The molecule has 2 aliphatic rings. The van der Waals surface area contributed by atoms with E-state index in [1.165, 1.54) is 0 Å². The fraction of sp³-hybridized carbons (Fsp3) is 0.619. The molecule has 154 valence electrons. The normalized spacial score (nSPS) is 20.1. The van der Waals surface area contributed by atoms with Crippen LogP contribution in [0.15, 0.2) is 18.2 Å². The van der Waals surface area contributed by atoms with E-state index in [4.69, 9.17) is 21.1 Å². The molecule has 0 bridgehead atoms. The number of rotatable bonds is 6. The van der Waals surface area contributed by atoms with E-state index in [2.05, 4.69) is 0 Å². The maximum absolute atomic E-state index is 12.6. The van der Waals surface area contributed by atoms with Crippen molar-refractivity contribution in [2.45, 2.75) is 32.6 Å². The average molecular weight is 409 g/mol. The fourth-order valence-electron chi connectivity index (χ4n) is 3.83. The van der Waals surface area contributed by atoms with Gasteiger partial charge in [-0.15, -0.1) is 0 Å². The van der Waals surface area contributed by atoms with E-state index in [0.29, 0.717) is 56.0 Å². The molecule has 28 heavy (non-hydrogen) atoms. The number of benzene rings is 1. The number of nitrogens with zero attached hydrogens (tertiary/aromatic N) is 2. The van der Waals surface area contributed by atoms with Crippen molar-refractivity contribution in [2.24, 2.45) is 5.92 Å². The molecule has 0 radical (unpaired) electrons. The van der Waals surface area contributed by atoms with Crippen LogP contribution < -0.4 is 4.74 Å². The van der Waals surface area contributed by atoms with Gasteiger partial charge in [-0.1, -0.05) is 11.6 Å². The molecular weight excluding hydrogens is 380 g/mol. The number of halogens is 1. The molecule has 2 aliphatic heterocycles. The molecule has 1 atom stereocenters. The molecule has 3 rings (SSSR count). The monoisotopic (exact) mass is 408 g/mol. The van der Waals surface area contributed by atoms with E-state index in [-0.39, 0.29) is 18.4 Å². The first-order valence-electron chi connectivity index (χ1n) is 10.0. The Bertz CT molecular complexity index is 691. The van der Waals surface area contributed by atoms with Gasteiger partial charge >= 0.3 is 0 Å². The van der Waals surface area contributed by atoms with Crippen LogP contribution in [-0.4, -0.2) is 67.6 Å². The van der Waals surface area contributed by atoms with Crippen molar-refractivity contribution < 1.29 is 19.1 Å². The first kappa shape index (κ1) is 20.9. The molecule has 2 fully saturated rings. The zero-order valence-corrected chi connectivity index (χ0v) is 17.2. The molecule has 2 saturated heterocycles. The van der Waals surface area contributed by atoms with Gasteiger partial charge in [-0.2, -0.15) is 0 Å². The van der Waals surface area contributed by atoms with Gasteiger partial charge in [0.2, 0.25) is 5.91 Å². The number of hydrogen-bond donors (Lipinski definition) is 0. The SMILES string of the molecule is Cc1cc(Cl)ccc1OCC(=O)N1CCCC(CCC(=O)N2CCOCC2)C1. The maximum atomic E-state index is 12.6. The van der Waals surface area contributed by atoms with Gasteiger partial charge in [-0.25, -0.2) is 0 Å². The molecular formula is C21H29ClN2O4. The summed E-state index contributed by atoms with van der Waals surface area (Å²) in [7, 11) is 0. The summed E-state index contributed by atoms with van der Waals surface area (Å²) in [5, 5.41) is 0.654. The third-order valence-electron chi connectivity index (χ3n) is 5.49. The summed E-state index contributed by atoms with van der Waals surface area (Å²) in [6.07, 6.45) is 3.42. The third kappa shape index (κ3) is 5.85. The van der Waals surface area contributed by atoms with Gasteiger partial charge in [0.1, 0.15) is 5.75 Å². The summed E-state index contributed by atoms with van der Waals surface area (Å²) in [4.78, 5) is 28.7. The predicted molar refractivity (Wildman–Crippen MR) is 108 cm³/mol. The number of piperidine rings is 1. The van der Waals surface area contributed by atoms with Crippen molar-refractivity contribution in [3.63, 3.8) is 0 Å². The minimum atomic E-state index is -0.00134. The van der Waals surface area contributed by atoms with Crippen molar-refractivity contribution in [2.75, 3.05) is 46.0 Å². The molecule has 6 nitrogen and oxygen atoms in total. The summed E-state index contributed by atoms with van der Waals surface area (Å²) >= 11 is 5.96. The second-order valence-electron chi connectivity index (χ2n) is 7.58. The number of amides is 2. The Kier molecular flexibility index (Phi) is 7.57. The van der Waals surface area contributed by atoms with Gasteiger partial charge in [0.25, 0.3) is 5.91 Å². The number of aryl methyl sites for hydroxylation is 1. The van der Waals surface area contributed by atoms with Crippen LogP contribution in [-0.2, 0) is 14.3 Å². The first-order chi connectivity index (χ1) is 13.5. The molecule has 0 N–H and O–H groups in total. The Balaban J connectivity index is 1.43. The van der Waals surface area contributed by atoms with Crippen LogP contribution >= 0.6 is 11.6 Å². The second-order valence-corrected chi connectivity index (χ2v) is 8.01. The lowest BCUT2D eigenvalue weighted by Gasteiger charge is -2.33. The van der Waals surface area contributed by atoms with E-state index >= 15 is 0 Å². The molecule has 0 spiro atoms. The highest BCUT2D eigenvalue weighted by Crippen LogP contribution is 2.24. The maximum Gasteiger partial charge on any atom is 0.260 e. The Labute approximate surface area is 171 Å². The van der Waals surface area contributed by atoms with Gasteiger partial charge in [-0.3, -0.25) is 9.59 Å². The number of ether oxygens (including phenoxy) is 2. The van der Waals surface area contributed by atoms with E-state index in [0.717, 1.165) is 31.4 Å². The van der Waals surface area contributed by atoms with Crippen LogP contribution in [0.4, 0.5) is 0 Å². The second kappa shape index (κ2) is 10.1. The molecule has 1 unspecified atom stereocenters. The van der Waals surface area contributed by atoms with Crippen molar-refractivity contribution in [3.8, 4) is 5.75 Å². The Hall–Kier alpha value is -1.79. The lowest BCUT2D eigenvalue weighted by Crippen LogP contribution is -2.43. The Morgan fingerprint density at radius 2 is 1.96 bits per heavy atom. The van der Waals surface area contributed by atoms with Crippen LogP contribution in [0.5, 0.6) is 5.75 Å². The lowest BCUT2D eigenvalue weighted by atomic mass is 9.93. The van der Waals surface area contributed by atoms with E-state index in [1.807, 2.05) is 22.8 Å². The summed E-state index contributed by atoms with van der Waals surface area (Å²) in [5.74, 6) is 1.26. The van der Waals surface area contributed by atoms with Gasteiger partial charge in [-0.05, 0) is 55.9 Å². The molecule has 2 amide bonds. The third-order valence-corrected chi connectivity index (χ3v) is 5.73. The van der Waals surface area contributed by atoms with Gasteiger partial charge in [0, 0.05) is 37.6 Å². The highest BCUT2D eigenvalue weighted by atomic mass is 35.5. The standard InChI is InChI=1S/C21H29ClN2O4/c1-16-13-18(22)5-6-19(16)28-15-21(26)24-8-2-3-17(14-24)4-7-20(25)23-9-11-27-12-10-23/h5-6,13,17H,2-4,7-12,14-15H2,1H3. The lowest BCUT2D eigenvalue weighted by molar-refractivity contribution is -0.136. The van der Waals surface area contributed by atoms with Gasteiger partial charge < -0.3 is 19.3 Å². The van der Waals surface area contributed by atoms with E-state index < -0.39 is 0 Å². The number of carbonyl (C=O) groups is 2. The zero-order chi connectivity index (χ0) is 19.9. The predicted octanol–water partition coefficient (Wildman–Crippen LogP) is 2.90. The van der Waals surface area contributed by atoms with Crippen LogP contribution in [0.2, 0.25) is 5.02 Å². The van der Waals surface area contributed by atoms with Crippen LogP contribution in [0.1, 0.15) is 31.2 Å². The minimum Gasteiger partial charge on any atom is -0.483 e.